The van der Waals surface area contributed by atoms with Crippen molar-refractivity contribution in [2.75, 3.05) is 13.7 Å². The quantitative estimate of drug-likeness (QED) is 0.306. The molecule has 0 aliphatic rings. The van der Waals surface area contributed by atoms with E-state index >= 15 is 0 Å². The van der Waals surface area contributed by atoms with E-state index < -0.39 is 5.97 Å². The van der Waals surface area contributed by atoms with Gasteiger partial charge in [-0.2, -0.15) is 0 Å². The lowest BCUT2D eigenvalue weighted by molar-refractivity contribution is -0.136. The van der Waals surface area contributed by atoms with Crippen LogP contribution in [0, 0.1) is 13.8 Å². The summed E-state index contributed by atoms with van der Waals surface area (Å²) in [5.41, 5.74) is 4.20. The number of ether oxygens (including phenoxy) is 3. The Morgan fingerprint density at radius 3 is 2.21 bits per heavy atom. The molecule has 3 rings (SSSR count). The Bertz CT molecular complexity index is 986. The van der Waals surface area contributed by atoms with Crippen molar-refractivity contribution in [3.63, 3.8) is 0 Å². The smallest absolute Gasteiger partial charge is 0.349 e. The summed E-state index contributed by atoms with van der Waals surface area (Å²) < 4.78 is 16.4. The van der Waals surface area contributed by atoms with Crippen molar-refractivity contribution in [1.82, 2.24) is 0 Å². The van der Waals surface area contributed by atoms with Crippen molar-refractivity contribution in [2.24, 2.45) is 0 Å². The van der Waals surface area contributed by atoms with Gasteiger partial charge in [0.1, 0.15) is 5.75 Å². The number of methoxy groups -OCH3 is 1. The minimum Gasteiger partial charge on any atom is -0.493 e. The molecule has 0 saturated carbocycles. The van der Waals surface area contributed by atoms with Crippen molar-refractivity contribution in [3.8, 4) is 17.2 Å². The molecule has 0 bridgehead atoms. The lowest BCUT2D eigenvalue weighted by Gasteiger charge is -2.11. The first-order valence-electron chi connectivity index (χ1n) is 9.36. The van der Waals surface area contributed by atoms with Crippen molar-refractivity contribution >= 4 is 18.1 Å². The summed E-state index contributed by atoms with van der Waals surface area (Å²) >= 11 is 0. The molecule has 4 heteroatoms. The number of rotatable bonds is 7. The fraction of sp³-hybridized carbons (Fsp3) is 0.160. The molecule has 0 aromatic heterocycles. The van der Waals surface area contributed by atoms with E-state index in [1.807, 2.05) is 86.7 Å². The van der Waals surface area contributed by atoms with E-state index in [1.165, 1.54) is 0 Å². The van der Waals surface area contributed by atoms with Gasteiger partial charge in [0.05, 0.1) is 7.11 Å². The first-order chi connectivity index (χ1) is 14.0. The third kappa shape index (κ3) is 5.98. The van der Waals surface area contributed by atoms with E-state index in [0.29, 0.717) is 17.2 Å². The highest BCUT2D eigenvalue weighted by Crippen LogP contribution is 2.29. The van der Waals surface area contributed by atoms with E-state index in [2.05, 4.69) is 0 Å². The Balaban J connectivity index is 1.64. The van der Waals surface area contributed by atoms with Gasteiger partial charge in [-0.15, -0.1) is 0 Å². The van der Waals surface area contributed by atoms with Gasteiger partial charge >= 0.3 is 5.97 Å². The van der Waals surface area contributed by atoms with Gasteiger partial charge in [0, 0.05) is 0 Å². The molecule has 0 radical (unpaired) electrons. The van der Waals surface area contributed by atoms with E-state index in [1.54, 1.807) is 13.2 Å². The van der Waals surface area contributed by atoms with Gasteiger partial charge in [-0.3, -0.25) is 0 Å². The third-order valence-electron chi connectivity index (χ3n) is 4.23. The van der Waals surface area contributed by atoms with Crippen LogP contribution >= 0.6 is 0 Å². The molecule has 0 N–H and O–H groups in total. The summed E-state index contributed by atoms with van der Waals surface area (Å²) in [5, 5.41) is 0. The van der Waals surface area contributed by atoms with E-state index in [0.717, 1.165) is 22.3 Å². The number of hydrogen-bond donors (Lipinski definition) is 0. The molecule has 0 aliphatic carbocycles. The zero-order valence-electron chi connectivity index (χ0n) is 16.8. The Hall–Kier alpha value is -3.53. The van der Waals surface area contributed by atoms with Crippen LogP contribution < -0.4 is 14.2 Å². The molecule has 29 heavy (non-hydrogen) atoms. The Kier molecular flexibility index (Phi) is 6.69. The summed E-state index contributed by atoms with van der Waals surface area (Å²) in [6.07, 6.45) is 3.99. The topological polar surface area (TPSA) is 44.8 Å². The molecule has 3 aromatic rings. The molecular weight excluding hydrogens is 364 g/mol. The standard InChI is InChI=1S/C25H24O4/c1-18-13-19(2)15-22(14-18)28-17-25(26)29-23-12-11-21(16-24(23)27-3)10-9-20-7-5-4-6-8-20/h4-16H,17H2,1-3H3/b10-9+. The number of aryl methyl sites for hydroxylation is 2. The van der Waals surface area contributed by atoms with Crippen molar-refractivity contribution in [2.45, 2.75) is 13.8 Å². The molecule has 0 saturated heterocycles. The van der Waals surface area contributed by atoms with Crippen molar-refractivity contribution in [1.29, 1.82) is 0 Å². The summed E-state index contributed by atoms with van der Waals surface area (Å²) in [6.45, 7) is 3.79. The van der Waals surface area contributed by atoms with Crippen LogP contribution in [0.5, 0.6) is 17.2 Å². The Labute approximate surface area is 171 Å². The normalized spacial score (nSPS) is 10.7. The minimum absolute atomic E-state index is 0.179. The Morgan fingerprint density at radius 1 is 0.828 bits per heavy atom. The fourth-order valence-corrected chi connectivity index (χ4v) is 2.94. The predicted octanol–water partition coefficient (Wildman–Crippen LogP) is 5.47. The highest BCUT2D eigenvalue weighted by molar-refractivity contribution is 5.76. The van der Waals surface area contributed by atoms with Crippen molar-refractivity contribution in [3.05, 3.63) is 89.0 Å². The minimum atomic E-state index is -0.491. The van der Waals surface area contributed by atoms with E-state index in [-0.39, 0.29) is 6.61 Å². The third-order valence-corrected chi connectivity index (χ3v) is 4.23. The summed E-state index contributed by atoms with van der Waals surface area (Å²) in [5.74, 6) is 1.00. The average Bonchev–Trinajstić information content (AvgIpc) is 2.71. The molecule has 3 aromatic carbocycles. The van der Waals surface area contributed by atoms with E-state index in [4.69, 9.17) is 14.2 Å². The van der Waals surface area contributed by atoms with Crippen molar-refractivity contribution < 1.29 is 19.0 Å². The fourth-order valence-electron chi connectivity index (χ4n) is 2.94. The molecule has 0 amide bonds. The first-order valence-corrected chi connectivity index (χ1v) is 9.36. The molecule has 0 fully saturated rings. The first kappa shape index (κ1) is 20.2. The van der Waals surface area contributed by atoms with Gasteiger partial charge in [0.25, 0.3) is 0 Å². The highest BCUT2D eigenvalue weighted by Gasteiger charge is 2.11. The second kappa shape index (κ2) is 9.60. The maximum Gasteiger partial charge on any atom is 0.349 e. The van der Waals surface area contributed by atoms with Gasteiger partial charge in [-0.05, 0) is 60.4 Å². The number of hydrogen-bond acceptors (Lipinski definition) is 4. The molecule has 0 unspecified atom stereocenters. The zero-order chi connectivity index (χ0) is 20.6. The monoisotopic (exact) mass is 388 g/mol. The maximum absolute atomic E-state index is 12.2. The summed E-state index contributed by atoms with van der Waals surface area (Å²) in [7, 11) is 1.55. The van der Waals surface area contributed by atoms with Gasteiger partial charge in [0.15, 0.2) is 18.1 Å². The van der Waals surface area contributed by atoms with Gasteiger partial charge in [0.2, 0.25) is 0 Å². The SMILES string of the molecule is COc1cc(/C=C/c2ccccc2)ccc1OC(=O)COc1cc(C)cc(C)c1. The number of esters is 1. The van der Waals surface area contributed by atoms with Gasteiger partial charge in [-0.25, -0.2) is 4.79 Å². The van der Waals surface area contributed by atoms with Gasteiger partial charge < -0.3 is 14.2 Å². The lowest BCUT2D eigenvalue weighted by Crippen LogP contribution is -2.18. The van der Waals surface area contributed by atoms with Crippen LogP contribution in [0.2, 0.25) is 0 Å². The van der Waals surface area contributed by atoms with Crippen LogP contribution in [0.25, 0.3) is 12.2 Å². The highest BCUT2D eigenvalue weighted by atomic mass is 16.6. The van der Waals surface area contributed by atoms with Crippen LogP contribution in [0.3, 0.4) is 0 Å². The Morgan fingerprint density at radius 2 is 1.52 bits per heavy atom. The van der Waals surface area contributed by atoms with Crippen LogP contribution in [0.4, 0.5) is 0 Å². The summed E-state index contributed by atoms with van der Waals surface area (Å²) in [6, 6.07) is 21.2. The largest absolute Gasteiger partial charge is 0.493 e. The number of carbonyl (C=O) groups excluding carboxylic acids is 1. The molecule has 0 spiro atoms. The second-order valence-corrected chi connectivity index (χ2v) is 6.74. The second-order valence-electron chi connectivity index (χ2n) is 6.74. The predicted molar refractivity (Wildman–Crippen MR) is 115 cm³/mol. The number of carbonyl (C=O) groups is 1. The molecular formula is C25H24O4. The molecule has 0 atom stereocenters. The van der Waals surface area contributed by atoms with Crippen LogP contribution in [0.15, 0.2) is 66.7 Å². The summed E-state index contributed by atoms with van der Waals surface area (Å²) in [4.78, 5) is 12.2. The molecule has 148 valence electrons. The molecule has 4 nitrogen and oxygen atoms in total. The molecule has 0 heterocycles. The van der Waals surface area contributed by atoms with E-state index in [9.17, 15) is 4.79 Å². The van der Waals surface area contributed by atoms with Crippen LogP contribution in [-0.4, -0.2) is 19.7 Å². The van der Waals surface area contributed by atoms with Gasteiger partial charge in [-0.1, -0.05) is 54.6 Å². The lowest BCUT2D eigenvalue weighted by atomic mass is 10.1. The zero-order valence-corrected chi connectivity index (χ0v) is 16.8. The van der Waals surface area contributed by atoms with Crippen LogP contribution in [-0.2, 0) is 4.79 Å². The molecule has 0 aliphatic heterocycles. The average molecular weight is 388 g/mol. The number of benzene rings is 3. The van der Waals surface area contributed by atoms with Crippen LogP contribution in [0.1, 0.15) is 22.3 Å². The maximum atomic E-state index is 12.2.